The van der Waals surface area contributed by atoms with Crippen LogP contribution < -0.4 is 19.6 Å². The molecule has 1 amide bonds. The molecule has 0 bridgehead atoms. The first kappa shape index (κ1) is 21.8. The molecule has 0 aliphatic rings. The van der Waals surface area contributed by atoms with E-state index in [0.717, 1.165) is 11.1 Å². The topological polar surface area (TPSA) is 69.2 Å². The van der Waals surface area contributed by atoms with Gasteiger partial charge in [0.1, 0.15) is 18.2 Å². The number of benzene rings is 3. The van der Waals surface area contributed by atoms with Crippen molar-refractivity contribution in [1.29, 1.82) is 0 Å². The fraction of sp³-hybridized carbons (Fsp3) is 0.167. The Labute approximate surface area is 180 Å². The molecule has 0 spiro atoms. The summed E-state index contributed by atoms with van der Waals surface area (Å²) in [7, 11) is 1.54. The third kappa shape index (κ3) is 6.30. The second-order valence-electron chi connectivity index (χ2n) is 6.48. The molecule has 3 aromatic carbocycles. The number of hydrogen-bond donors (Lipinski definition) is 1. The van der Waals surface area contributed by atoms with Crippen LogP contribution in [0.25, 0.3) is 0 Å². The average molecular weight is 422 g/mol. The zero-order valence-corrected chi connectivity index (χ0v) is 17.3. The van der Waals surface area contributed by atoms with E-state index in [9.17, 15) is 9.18 Å². The highest BCUT2D eigenvalue weighted by Gasteiger charge is 2.07. The average Bonchev–Trinajstić information content (AvgIpc) is 2.79. The Balaban J connectivity index is 1.58. The molecule has 0 saturated heterocycles. The molecule has 0 fully saturated rings. The van der Waals surface area contributed by atoms with Gasteiger partial charge in [0.25, 0.3) is 5.91 Å². The predicted octanol–water partition coefficient (Wildman–Crippen LogP) is 4.58. The van der Waals surface area contributed by atoms with Crippen LogP contribution in [0.3, 0.4) is 0 Å². The van der Waals surface area contributed by atoms with E-state index in [0.29, 0.717) is 29.4 Å². The summed E-state index contributed by atoms with van der Waals surface area (Å²) in [5.41, 5.74) is 4.52. The summed E-state index contributed by atoms with van der Waals surface area (Å²) in [6.45, 7) is 2.74. The molecule has 0 aliphatic heterocycles. The summed E-state index contributed by atoms with van der Waals surface area (Å²) in [5, 5.41) is 4.00. The zero-order chi connectivity index (χ0) is 22.1. The van der Waals surface area contributed by atoms with Crippen molar-refractivity contribution in [2.24, 2.45) is 5.10 Å². The van der Waals surface area contributed by atoms with E-state index in [1.54, 1.807) is 54.6 Å². The van der Waals surface area contributed by atoms with Gasteiger partial charge in [-0.3, -0.25) is 4.79 Å². The van der Waals surface area contributed by atoms with Crippen molar-refractivity contribution in [2.75, 3.05) is 13.7 Å². The lowest BCUT2D eigenvalue weighted by molar-refractivity contribution is 0.0955. The molecule has 7 heteroatoms. The number of amides is 1. The Bertz CT molecular complexity index is 1030. The zero-order valence-electron chi connectivity index (χ0n) is 17.3. The Hall–Kier alpha value is -3.87. The minimum absolute atomic E-state index is 0.280. The number of hydrazone groups is 1. The number of methoxy groups -OCH3 is 1. The van der Waals surface area contributed by atoms with Gasteiger partial charge in [0.2, 0.25) is 0 Å². The van der Waals surface area contributed by atoms with Crippen LogP contribution in [-0.2, 0) is 6.61 Å². The van der Waals surface area contributed by atoms with Gasteiger partial charge in [-0.05, 0) is 72.6 Å². The molecular weight excluding hydrogens is 399 g/mol. The number of hydrogen-bond acceptors (Lipinski definition) is 5. The lowest BCUT2D eigenvalue weighted by atomic mass is 10.2. The smallest absolute Gasteiger partial charge is 0.271 e. The summed E-state index contributed by atoms with van der Waals surface area (Å²) in [6.07, 6.45) is 1.51. The third-order valence-electron chi connectivity index (χ3n) is 4.30. The first-order valence-electron chi connectivity index (χ1n) is 9.70. The minimum atomic E-state index is -0.328. The van der Waals surface area contributed by atoms with E-state index in [1.165, 1.54) is 25.5 Å². The molecule has 0 saturated carbocycles. The third-order valence-corrected chi connectivity index (χ3v) is 4.30. The van der Waals surface area contributed by atoms with E-state index >= 15 is 0 Å². The van der Waals surface area contributed by atoms with Crippen molar-refractivity contribution in [3.05, 3.63) is 89.2 Å². The van der Waals surface area contributed by atoms with Crippen molar-refractivity contribution < 1.29 is 23.4 Å². The highest BCUT2D eigenvalue weighted by molar-refractivity contribution is 5.95. The Morgan fingerprint density at radius 2 is 1.74 bits per heavy atom. The van der Waals surface area contributed by atoms with Gasteiger partial charge in [-0.2, -0.15) is 5.10 Å². The maximum Gasteiger partial charge on any atom is 0.271 e. The fourth-order valence-electron chi connectivity index (χ4n) is 2.72. The van der Waals surface area contributed by atoms with E-state index in [4.69, 9.17) is 14.2 Å². The van der Waals surface area contributed by atoms with E-state index in [-0.39, 0.29) is 18.3 Å². The Morgan fingerprint density at radius 3 is 2.42 bits per heavy atom. The van der Waals surface area contributed by atoms with Crippen LogP contribution in [0, 0.1) is 5.82 Å². The standard InChI is InChI=1S/C24H23FN2O4/c1-3-30-21-11-7-19(8-12-21)24(28)27-26-15-18-6-13-22(23(14-18)29-2)31-16-17-4-9-20(25)10-5-17/h4-15H,3,16H2,1-2H3,(H,27,28)/b26-15+. The quantitative estimate of drug-likeness (QED) is 0.405. The molecule has 1 N–H and O–H groups in total. The maximum atomic E-state index is 13.0. The Kier molecular flexibility index (Phi) is 7.59. The number of nitrogens with zero attached hydrogens (tertiary/aromatic N) is 1. The SMILES string of the molecule is CCOc1ccc(C(=O)N/N=C/c2ccc(OCc3ccc(F)cc3)c(OC)c2)cc1. The second kappa shape index (κ2) is 10.8. The van der Waals surface area contributed by atoms with Crippen molar-refractivity contribution in [3.8, 4) is 17.2 Å². The number of rotatable bonds is 9. The highest BCUT2D eigenvalue weighted by Crippen LogP contribution is 2.28. The molecule has 31 heavy (non-hydrogen) atoms. The van der Waals surface area contributed by atoms with Crippen LogP contribution in [0.1, 0.15) is 28.4 Å². The highest BCUT2D eigenvalue weighted by atomic mass is 19.1. The van der Waals surface area contributed by atoms with Gasteiger partial charge in [-0.25, -0.2) is 9.82 Å². The van der Waals surface area contributed by atoms with Crippen molar-refractivity contribution in [1.82, 2.24) is 5.43 Å². The number of halogens is 1. The molecule has 6 nitrogen and oxygen atoms in total. The summed E-state index contributed by atoms with van der Waals surface area (Å²) >= 11 is 0. The van der Waals surface area contributed by atoms with Gasteiger partial charge in [0.05, 0.1) is 19.9 Å². The molecule has 0 radical (unpaired) electrons. The van der Waals surface area contributed by atoms with E-state index in [2.05, 4.69) is 10.5 Å². The normalized spacial score (nSPS) is 10.7. The maximum absolute atomic E-state index is 13.0. The van der Waals surface area contributed by atoms with Crippen molar-refractivity contribution >= 4 is 12.1 Å². The molecular formula is C24H23FN2O4. The molecule has 0 heterocycles. The number of ether oxygens (including phenoxy) is 3. The lowest BCUT2D eigenvalue weighted by Gasteiger charge is -2.11. The molecule has 0 aromatic heterocycles. The number of carbonyl (C=O) groups excluding carboxylic acids is 1. The second-order valence-corrected chi connectivity index (χ2v) is 6.48. The summed E-state index contributed by atoms with van der Waals surface area (Å²) in [5.74, 6) is 1.15. The van der Waals surface area contributed by atoms with Gasteiger partial charge in [0.15, 0.2) is 11.5 Å². The van der Waals surface area contributed by atoms with Crippen LogP contribution in [0.5, 0.6) is 17.2 Å². The molecule has 0 unspecified atom stereocenters. The van der Waals surface area contributed by atoms with Crippen LogP contribution in [0.2, 0.25) is 0 Å². The number of carbonyl (C=O) groups is 1. The van der Waals surface area contributed by atoms with Gasteiger partial charge in [0, 0.05) is 5.56 Å². The van der Waals surface area contributed by atoms with Gasteiger partial charge >= 0.3 is 0 Å². The van der Waals surface area contributed by atoms with Crippen LogP contribution in [-0.4, -0.2) is 25.8 Å². The number of nitrogens with one attached hydrogen (secondary N) is 1. The van der Waals surface area contributed by atoms with Gasteiger partial charge in [-0.1, -0.05) is 12.1 Å². The summed E-state index contributed by atoms with van der Waals surface area (Å²) in [6, 6.07) is 18.2. The monoisotopic (exact) mass is 422 g/mol. The van der Waals surface area contributed by atoms with Crippen LogP contribution in [0.4, 0.5) is 4.39 Å². The minimum Gasteiger partial charge on any atom is -0.494 e. The summed E-state index contributed by atoms with van der Waals surface area (Å²) in [4.78, 5) is 12.2. The first-order valence-corrected chi connectivity index (χ1v) is 9.70. The van der Waals surface area contributed by atoms with E-state index in [1.807, 2.05) is 6.92 Å². The van der Waals surface area contributed by atoms with Crippen LogP contribution >= 0.6 is 0 Å². The van der Waals surface area contributed by atoms with Crippen LogP contribution in [0.15, 0.2) is 71.8 Å². The molecule has 0 atom stereocenters. The lowest BCUT2D eigenvalue weighted by Crippen LogP contribution is -2.17. The molecule has 3 aromatic rings. The van der Waals surface area contributed by atoms with Gasteiger partial charge < -0.3 is 14.2 Å². The predicted molar refractivity (Wildman–Crippen MR) is 116 cm³/mol. The van der Waals surface area contributed by atoms with E-state index < -0.39 is 0 Å². The van der Waals surface area contributed by atoms with Gasteiger partial charge in [-0.15, -0.1) is 0 Å². The van der Waals surface area contributed by atoms with Crippen molar-refractivity contribution in [3.63, 3.8) is 0 Å². The Morgan fingerprint density at radius 1 is 1.00 bits per heavy atom. The first-order chi connectivity index (χ1) is 15.1. The van der Waals surface area contributed by atoms with Crippen molar-refractivity contribution in [2.45, 2.75) is 13.5 Å². The molecule has 160 valence electrons. The largest absolute Gasteiger partial charge is 0.494 e. The molecule has 3 rings (SSSR count). The molecule has 0 aliphatic carbocycles. The summed E-state index contributed by atoms with van der Waals surface area (Å²) < 4.78 is 29.5. The fourth-order valence-corrected chi connectivity index (χ4v) is 2.72.